The largest absolute Gasteiger partial charge is 0.332 e. The fraction of sp³-hybridized carbons (Fsp3) is 0.471. The summed E-state index contributed by atoms with van der Waals surface area (Å²) in [5.74, 6) is 1.87. The van der Waals surface area contributed by atoms with Crippen LogP contribution in [0.1, 0.15) is 26.1 Å². The van der Waals surface area contributed by atoms with Gasteiger partial charge in [0.05, 0.1) is 12.6 Å². The summed E-state index contributed by atoms with van der Waals surface area (Å²) in [5, 5.41) is 8.57. The Morgan fingerprint density at radius 2 is 1.96 bits per heavy atom. The number of rotatable bonds is 4. The van der Waals surface area contributed by atoms with Gasteiger partial charge in [0.15, 0.2) is 11.6 Å². The minimum Gasteiger partial charge on any atom is -0.332 e. The SMILES string of the molecule is CCC(C)C(N)C(=O)N1CCn2c(nnc2-c2ccccc2)C1.Cl. The van der Waals surface area contributed by atoms with Crippen molar-refractivity contribution in [2.75, 3.05) is 6.54 Å². The highest BCUT2D eigenvalue weighted by molar-refractivity contribution is 5.85. The van der Waals surface area contributed by atoms with Crippen LogP contribution in [0.4, 0.5) is 0 Å². The summed E-state index contributed by atoms with van der Waals surface area (Å²) in [5.41, 5.74) is 7.13. The molecular formula is C17H24ClN5O. The number of fused-ring (bicyclic) bond motifs is 1. The Morgan fingerprint density at radius 1 is 1.25 bits per heavy atom. The van der Waals surface area contributed by atoms with E-state index in [1.54, 1.807) is 4.90 Å². The van der Waals surface area contributed by atoms with Crippen LogP contribution < -0.4 is 5.73 Å². The third-order valence-corrected chi connectivity index (χ3v) is 4.64. The van der Waals surface area contributed by atoms with E-state index in [-0.39, 0.29) is 24.2 Å². The van der Waals surface area contributed by atoms with Gasteiger partial charge in [-0.25, -0.2) is 0 Å². The number of nitrogens with two attached hydrogens (primary N) is 1. The number of carbonyl (C=O) groups is 1. The molecule has 1 aliphatic rings. The van der Waals surface area contributed by atoms with E-state index < -0.39 is 6.04 Å². The molecule has 0 spiro atoms. The predicted octanol–water partition coefficient (Wildman–Crippen LogP) is 2.08. The second-order valence-electron chi connectivity index (χ2n) is 6.13. The Labute approximate surface area is 148 Å². The van der Waals surface area contributed by atoms with Gasteiger partial charge in [0.1, 0.15) is 0 Å². The summed E-state index contributed by atoms with van der Waals surface area (Å²) in [6.07, 6.45) is 0.898. The van der Waals surface area contributed by atoms with Gasteiger partial charge in [0.25, 0.3) is 0 Å². The monoisotopic (exact) mass is 349 g/mol. The highest BCUT2D eigenvalue weighted by atomic mass is 35.5. The lowest BCUT2D eigenvalue weighted by atomic mass is 9.98. The van der Waals surface area contributed by atoms with Crippen molar-refractivity contribution in [3.63, 3.8) is 0 Å². The molecule has 1 aromatic carbocycles. The third-order valence-electron chi connectivity index (χ3n) is 4.64. The molecule has 0 aliphatic carbocycles. The van der Waals surface area contributed by atoms with Gasteiger partial charge in [-0.2, -0.15) is 0 Å². The summed E-state index contributed by atoms with van der Waals surface area (Å²) in [7, 11) is 0. The molecule has 3 rings (SSSR count). The number of hydrogen-bond donors (Lipinski definition) is 1. The number of aromatic nitrogens is 3. The molecule has 7 heteroatoms. The number of nitrogens with zero attached hydrogens (tertiary/aromatic N) is 4. The van der Waals surface area contributed by atoms with Crippen molar-refractivity contribution >= 4 is 18.3 Å². The van der Waals surface area contributed by atoms with Crippen LogP contribution in [0.5, 0.6) is 0 Å². The Bertz CT molecular complexity index is 688. The van der Waals surface area contributed by atoms with E-state index in [1.807, 2.05) is 37.3 Å². The van der Waals surface area contributed by atoms with E-state index in [1.165, 1.54) is 0 Å². The normalized spacial score (nSPS) is 16.0. The molecule has 2 N–H and O–H groups in total. The van der Waals surface area contributed by atoms with Gasteiger partial charge in [-0.3, -0.25) is 4.79 Å². The van der Waals surface area contributed by atoms with Crippen LogP contribution in [0.3, 0.4) is 0 Å². The number of carbonyl (C=O) groups excluding carboxylic acids is 1. The van der Waals surface area contributed by atoms with Crippen molar-refractivity contribution in [2.24, 2.45) is 11.7 Å². The first-order chi connectivity index (χ1) is 11.1. The van der Waals surface area contributed by atoms with Crippen LogP contribution in [0.2, 0.25) is 0 Å². The maximum absolute atomic E-state index is 12.5. The van der Waals surface area contributed by atoms with E-state index in [0.717, 1.165) is 23.6 Å². The Hall–Kier alpha value is -1.92. The van der Waals surface area contributed by atoms with Gasteiger partial charge in [0.2, 0.25) is 5.91 Å². The molecule has 130 valence electrons. The first-order valence-corrected chi connectivity index (χ1v) is 8.13. The van der Waals surface area contributed by atoms with Crippen molar-refractivity contribution in [1.29, 1.82) is 0 Å². The van der Waals surface area contributed by atoms with E-state index >= 15 is 0 Å². The zero-order valence-electron chi connectivity index (χ0n) is 14.1. The predicted molar refractivity (Wildman–Crippen MR) is 95.6 cm³/mol. The lowest BCUT2D eigenvalue weighted by Crippen LogP contribution is -2.49. The smallest absolute Gasteiger partial charge is 0.240 e. The quantitative estimate of drug-likeness (QED) is 0.916. The van der Waals surface area contributed by atoms with Gasteiger partial charge >= 0.3 is 0 Å². The number of hydrogen-bond acceptors (Lipinski definition) is 4. The number of benzene rings is 1. The molecule has 1 amide bonds. The molecule has 2 heterocycles. The molecule has 2 aromatic rings. The highest BCUT2D eigenvalue weighted by Crippen LogP contribution is 2.22. The van der Waals surface area contributed by atoms with Crippen LogP contribution in [-0.2, 0) is 17.9 Å². The molecule has 2 unspecified atom stereocenters. The molecule has 1 aliphatic heterocycles. The zero-order valence-corrected chi connectivity index (χ0v) is 14.9. The van der Waals surface area contributed by atoms with Crippen LogP contribution in [0.25, 0.3) is 11.4 Å². The second kappa shape index (κ2) is 7.77. The topological polar surface area (TPSA) is 77.0 Å². The van der Waals surface area contributed by atoms with Crippen LogP contribution >= 0.6 is 12.4 Å². The van der Waals surface area contributed by atoms with Crippen molar-refractivity contribution in [1.82, 2.24) is 19.7 Å². The minimum absolute atomic E-state index is 0. The average molecular weight is 350 g/mol. The average Bonchev–Trinajstić information content (AvgIpc) is 3.03. The molecule has 1 aromatic heterocycles. The van der Waals surface area contributed by atoms with E-state index in [0.29, 0.717) is 19.6 Å². The number of halogens is 1. The van der Waals surface area contributed by atoms with Gasteiger partial charge in [-0.05, 0) is 5.92 Å². The standard InChI is InChI=1S/C17H23N5O.ClH/c1-3-12(2)15(18)17(23)21-9-10-22-14(11-21)19-20-16(22)13-7-5-4-6-8-13;/h4-8,12,15H,3,9-11,18H2,1-2H3;1H. The molecular weight excluding hydrogens is 326 g/mol. The summed E-state index contributed by atoms with van der Waals surface area (Å²) in [6, 6.07) is 9.55. The molecule has 0 bridgehead atoms. The van der Waals surface area contributed by atoms with E-state index in [4.69, 9.17) is 5.73 Å². The molecule has 24 heavy (non-hydrogen) atoms. The van der Waals surface area contributed by atoms with Crippen LogP contribution in [0.15, 0.2) is 30.3 Å². The molecule has 0 saturated heterocycles. The molecule has 0 saturated carbocycles. The van der Waals surface area contributed by atoms with E-state index in [9.17, 15) is 4.79 Å². The van der Waals surface area contributed by atoms with Gasteiger partial charge < -0.3 is 15.2 Å². The minimum atomic E-state index is -0.442. The Morgan fingerprint density at radius 3 is 2.62 bits per heavy atom. The van der Waals surface area contributed by atoms with Gasteiger partial charge in [-0.1, -0.05) is 50.6 Å². The molecule has 2 atom stereocenters. The molecule has 0 radical (unpaired) electrons. The summed E-state index contributed by atoms with van der Waals surface area (Å²) in [6.45, 7) is 5.89. The number of amides is 1. The summed E-state index contributed by atoms with van der Waals surface area (Å²) >= 11 is 0. The van der Waals surface area contributed by atoms with Crippen molar-refractivity contribution in [3.05, 3.63) is 36.2 Å². The second-order valence-corrected chi connectivity index (χ2v) is 6.13. The third kappa shape index (κ3) is 3.44. The summed E-state index contributed by atoms with van der Waals surface area (Å²) < 4.78 is 2.09. The Kier molecular flexibility index (Phi) is 5.96. The molecule has 6 nitrogen and oxygen atoms in total. The summed E-state index contributed by atoms with van der Waals surface area (Å²) in [4.78, 5) is 14.3. The van der Waals surface area contributed by atoms with Crippen molar-refractivity contribution < 1.29 is 4.79 Å². The zero-order chi connectivity index (χ0) is 16.4. The lowest BCUT2D eigenvalue weighted by Gasteiger charge is -2.31. The maximum atomic E-state index is 12.5. The first-order valence-electron chi connectivity index (χ1n) is 8.13. The highest BCUT2D eigenvalue weighted by Gasteiger charge is 2.29. The van der Waals surface area contributed by atoms with Crippen LogP contribution in [0, 0.1) is 5.92 Å². The fourth-order valence-electron chi connectivity index (χ4n) is 2.85. The van der Waals surface area contributed by atoms with Crippen molar-refractivity contribution in [2.45, 2.75) is 39.4 Å². The van der Waals surface area contributed by atoms with Crippen LogP contribution in [-0.4, -0.2) is 38.2 Å². The Balaban J connectivity index is 0.00000208. The van der Waals surface area contributed by atoms with Crippen molar-refractivity contribution in [3.8, 4) is 11.4 Å². The molecule has 0 fully saturated rings. The van der Waals surface area contributed by atoms with E-state index in [2.05, 4.69) is 21.7 Å². The van der Waals surface area contributed by atoms with Gasteiger partial charge in [0, 0.05) is 18.7 Å². The first kappa shape index (κ1) is 18.4. The lowest BCUT2D eigenvalue weighted by molar-refractivity contribution is -0.135. The van der Waals surface area contributed by atoms with Gasteiger partial charge in [-0.15, -0.1) is 22.6 Å². The maximum Gasteiger partial charge on any atom is 0.240 e. The fourth-order valence-corrected chi connectivity index (χ4v) is 2.85.